The highest BCUT2D eigenvalue weighted by molar-refractivity contribution is 7.92. The standard InChI is InChI=1S/C22H28FN3O5S/c1-5-31-20-9-7-6-8-19(20)26(32(4,29)30)15-21(27)25(16(2)22(28)24-3)14-17-10-12-18(23)13-11-17/h6-13,16H,5,14-15H2,1-4H3,(H,24,28)/t16-/m1/s1. The van der Waals surface area contributed by atoms with Gasteiger partial charge in [0, 0.05) is 13.6 Å². The zero-order chi connectivity index (χ0) is 23.9. The maximum atomic E-state index is 13.3. The quantitative estimate of drug-likeness (QED) is 0.580. The third kappa shape index (κ3) is 6.43. The lowest BCUT2D eigenvalue weighted by atomic mass is 10.1. The van der Waals surface area contributed by atoms with E-state index in [0.29, 0.717) is 17.9 Å². The number of hydrogen-bond donors (Lipinski definition) is 1. The van der Waals surface area contributed by atoms with Crippen LogP contribution in [0.15, 0.2) is 48.5 Å². The number of para-hydroxylation sites is 2. The average Bonchev–Trinajstić information content (AvgIpc) is 2.76. The molecule has 1 N–H and O–H groups in total. The van der Waals surface area contributed by atoms with E-state index >= 15 is 0 Å². The molecule has 2 aromatic carbocycles. The minimum atomic E-state index is -3.86. The van der Waals surface area contributed by atoms with Crippen molar-refractivity contribution in [2.75, 3.05) is 30.8 Å². The highest BCUT2D eigenvalue weighted by Crippen LogP contribution is 2.30. The minimum absolute atomic E-state index is 0.00158. The number of rotatable bonds is 10. The number of halogens is 1. The molecular weight excluding hydrogens is 437 g/mol. The second-order valence-electron chi connectivity index (χ2n) is 7.11. The normalized spacial score (nSPS) is 12.0. The number of amides is 2. The summed E-state index contributed by atoms with van der Waals surface area (Å²) in [4.78, 5) is 26.8. The molecule has 0 spiro atoms. The van der Waals surface area contributed by atoms with Crippen molar-refractivity contribution in [2.24, 2.45) is 0 Å². The molecular formula is C22H28FN3O5S. The van der Waals surface area contributed by atoms with Crippen molar-refractivity contribution in [2.45, 2.75) is 26.4 Å². The van der Waals surface area contributed by atoms with E-state index in [2.05, 4.69) is 5.32 Å². The highest BCUT2D eigenvalue weighted by Gasteiger charge is 2.30. The van der Waals surface area contributed by atoms with Gasteiger partial charge in [-0.05, 0) is 43.7 Å². The average molecular weight is 466 g/mol. The van der Waals surface area contributed by atoms with Crippen LogP contribution in [-0.4, -0.2) is 57.6 Å². The topological polar surface area (TPSA) is 96.0 Å². The molecule has 10 heteroatoms. The first-order valence-corrected chi connectivity index (χ1v) is 11.9. The number of ether oxygens (including phenoxy) is 1. The van der Waals surface area contributed by atoms with Crippen LogP contribution in [-0.2, 0) is 26.2 Å². The Hall–Kier alpha value is -3.14. The third-order valence-corrected chi connectivity index (χ3v) is 5.92. The molecule has 0 bridgehead atoms. The number of carbonyl (C=O) groups excluding carboxylic acids is 2. The van der Waals surface area contributed by atoms with E-state index < -0.39 is 40.2 Å². The fourth-order valence-electron chi connectivity index (χ4n) is 3.11. The minimum Gasteiger partial charge on any atom is -0.492 e. The summed E-state index contributed by atoms with van der Waals surface area (Å²) in [5, 5.41) is 2.49. The molecule has 174 valence electrons. The maximum Gasteiger partial charge on any atom is 0.244 e. The largest absolute Gasteiger partial charge is 0.492 e. The smallest absolute Gasteiger partial charge is 0.244 e. The fraction of sp³-hybridized carbons (Fsp3) is 0.364. The number of hydrogen-bond acceptors (Lipinski definition) is 5. The monoisotopic (exact) mass is 465 g/mol. The first-order chi connectivity index (χ1) is 15.1. The Labute approximate surface area is 188 Å². The number of carbonyl (C=O) groups is 2. The van der Waals surface area contributed by atoms with E-state index in [-0.39, 0.29) is 12.2 Å². The highest BCUT2D eigenvalue weighted by atomic mass is 32.2. The van der Waals surface area contributed by atoms with Crippen LogP contribution in [0.2, 0.25) is 0 Å². The summed E-state index contributed by atoms with van der Waals surface area (Å²) in [6.07, 6.45) is 0.996. The Morgan fingerprint density at radius 2 is 1.75 bits per heavy atom. The van der Waals surface area contributed by atoms with Gasteiger partial charge in [-0.2, -0.15) is 0 Å². The summed E-state index contributed by atoms with van der Waals surface area (Å²) in [6, 6.07) is 11.1. The summed E-state index contributed by atoms with van der Waals surface area (Å²) < 4.78 is 44.9. The zero-order valence-corrected chi connectivity index (χ0v) is 19.4. The van der Waals surface area contributed by atoms with Crippen molar-refractivity contribution < 1.29 is 27.1 Å². The lowest BCUT2D eigenvalue weighted by Gasteiger charge is -2.31. The van der Waals surface area contributed by atoms with Crippen molar-refractivity contribution in [3.05, 3.63) is 59.9 Å². The SMILES string of the molecule is CCOc1ccccc1N(CC(=O)N(Cc1ccc(F)cc1)[C@H](C)C(=O)NC)S(C)(=O)=O. The van der Waals surface area contributed by atoms with Crippen molar-refractivity contribution in [3.63, 3.8) is 0 Å². The van der Waals surface area contributed by atoms with Gasteiger partial charge in [0.15, 0.2) is 0 Å². The van der Waals surface area contributed by atoms with Gasteiger partial charge in [0.25, 0.3) is 0 Å². The Morgan fingerprint density at radius 3 is 2.31 bits per heavy atom. The third-order valence-electron chi connectivity index (χ3n) is 4.79. The molecule has 0 saturated heterocycles. The first-order valence-electron chi connectivity index (χ1n) is 10.0. The summed E-state index contributed by atoms with van der Waals surface area (Å²) in [7, 11) is -2.42. The van der Waals surface area contributed by atoms with Gasteiger partial charge >= 0.3 is 0 Å². The molecule has 2 rings (SSSR count). The molecule has 0 fully saturated rings. The van der Waals surface area contributed by atoms with Gasteiger partial charge in [-0.3, -0.25) is 13.9 Å². The van der Waals surface area contributed by atoms with Crippen LogP contribution >= 0.6 is 0 Å². The van der Waals surface area contributed by atoms with Crippen molar-refractivity contribution in [1.82, 2.24) is 10.2 Å². The molecule has 0 radical (unpaired) electrons. The van der Waals surface area contributed by atoms with E-state index in [9.17, 15) is 22.4 Å². The molecule has 0 aliphatic rings. The van der Waals surface area contributed by atoms with Gasteiger partial charge in [0.2, 0.25) is 21.8 Å². The maximum absolute atomic E-state index is 13.3. The van der Waals surface area contributed by atoms with Crippen LogP contribution in [0.5, 0.6) is 5.75 Å². The molecule has 0 unspecified atom stereocenters. The van der Waals surface area contributed by atoms with Crippen LogP contribution < -0.4 is 14.4 Å². The molecule has 0 aliphatic heterocycles. The van der Waals surface area contributed by atoms with Crippen molar-refractivity contribution in [3.8, 4) is 5.75 Å². The van der Waals surface area contributed by atoms with Crippen molar-refractivity contribution >= 4 is 27.5 Å². The summed E-state index contributed by atoms with van der Waals surface area (Å²) in [5.74, 6) is -1.12. The number of benzene rings is 2. The molecule has 0 aromatic heterocycles. The van der Waals surface area contributed by atoms with Crippen LogP contribution in [0.1, 0.15) is 19.4 Å². The second-order valence-corrected chi connectivity index (χ2v) is 9.02. The van der Waals surface area contributed by atoms with E-state index in [0.717, 1.165) is 10.6 Å². The Bertz CT molecular complexity index is 1040. The van der Waals surface area contributed by atoms with Gasteiger partial charge in [-0.1, -0.05) is 24.3 Å². The molecule has 1 atom stereocenters. The van der Waals surface area contributed by atoms with E-state index in [1.165, 1.54) is 36.2 Å². The van der Waals surface area contributed by atoms with Gasteiger partial charge in [0.1, 0.15) is 24.2 Å². The second kappa shape index (κ2) is 10.9. The lowest BCUT2D eigenvalue weighted by molar-refractivity contribution is -0.139. The van der Waals surface area contributed by atoms with Gasteiger partial charge in [0.05, 0.1) is 18.6 Å². The number of nitrogens with zero attached hydrogens (tertiary/aromatic N) is 2. The molecule has 2 aromatic rings. The lowest BCUT2D eigenvalue weighted by Crippen LogP contribution is -2.50. The molecule has 2 amide bonds. The molecule has 8 nitrogen and oxygen atoms in total. The van der Waals surface area contributed by atoms with Crippen LogP contribution in [0, 0.1) is 5.82 Å². The van der Waals surface area contributed by atoms with Gasteiger partial charge < -0.3 is 15.0 Å². The molecule has 0 saturated carbocycles. The number of sulfonamides is 1. The molecule has 32 heavy (non-hydrogen) atoms. The number of anilines is 1. The predicted octanol–water partition coefficient (Wildman–Crippen LogP) is 2.15. The number of likely N-dealkylation sites (N-methyl/N-ethyl adjacent to an activating group) is 1. The zero-order valence-electron chi connectivity index (χ0n) is 18.5. The van der Waals surface area contributed by atoms with E-state index in [1.807, 2.05) is 0 Å². The van der Waals surface area contributed by atoms with Crippen LogP contribution in [0.3, 0.4) is 0 Å². The Kier molecular flexibility index (Phi) is 8.59. The first kappa shape index (κ1) is 25.1. The summed E-state index contributed by atoms with van der Waals surface area (Å²) in [6.45, 7) is 3.08. The Morgan fingerprint density at radius 1 is 1.12 bits per heavy atom. The molecule has 0 heterocycles. The predicted molar refractivity (Wildman–Crippen MR) is 120 cm³/mol. The van der Waals surface area contributed by atoms with E-state index in [4.69, 9.17) is 4.74 Å². The Balaban J connectivity index is 2.41. The van der Waals surface area contributed by atoms with Crippen LogP contribution in [0.4, 0.5) is 10.1 Å². The molecule has 0 aliphatic carbocycles. The van der Waals surface area contributed by atoms with Gasteiger partial charge in [-0.15, -0.1) is 0 Å². The van der Waals surface area contributed by atoms with Crippen molar-refractivity contribution in [1.29, 1.82) is 0 Å². The van der Waals surface area contributed by atoms with Crippen LogP contribution in [0.25, 0.3) is 0 Å². The summed E-state index contributed by atoms with van der Waals surface area (Å²) in [5.41, 5.74) is 0.815. The van der Waals surface area contributed by atoms with E-state index in [1.54, 1.807) is 38.1 Å². The van der Waals surface area contributed by atoms with Gasteiger partial charge in [-0.25, -0.2) is 12.8 Å². The number of nitrogens with one attached hydrogen (secondary N) is 1. The fourth-order valence-corrected chi connectivity index (χ4v) is 3.97. The summed E-state index contributed by atoms with van der Waals surface area (Å²) >= 11 is 0.